The Labute approximate surface area is 130 Å². The van der Waals surface area contributed by atoms with Crippen molar-refractivity contribution < 1.29 is 14.6 Å². The number of rotatable bonds is 7. The normalized spacial score (nSPS) is 25.7. The average Bonchev–Trinajstić information content (AvgIpc) is 2.98. The molecular weight excluding hydrogens is 286 g/mol. The molecule has 1 aliphatic rings. The van der Waals surface area contributed by atoms with Crippen molar-refractivity contribution in [2.24, 2.45) is 5.92 Å². The van der Waals surface area contributed by atoms with Crippen LogP contribution < -0.4 is 5.32 Å². The second kappa shape index (κ2) is 7.92. The minimum atomic E-state index is -0.669. The van der Waals surface area contributed by atoms with Crippen LogP contribution in [0.2, 0.25) is 0 Å². The van der Waals surface area contributed by atoms with Gasteiger partial charge in [-0.1, -0.05) is 0 Å². The first-order chi connectivity index (χ1) is 10.1. The second-order valence-corrected chi connectivity index (χ2v) is 6.59. The van der Waals surface area contributed by atoms with E-state index in [9.17, 15) is 9.90 Å². The highest BCUT2D eigenvalue weighted by Crippen LogP contribution is 2.32. The average molecular weight is 311 g/mol. The number of thiophene rings is 1. The van der Waals surface area contributed by atoms with Crippen molar-refractivity contribution in [2.75, 3.05) is 19.7 Å². The van der Waals surface area contributed by atoms with E-state index < -0.39 is 5.60 Å². The minimum absolute atomic E-state index is 0.0315. The van der Waals surface area contributed by atoms with E-state index in [0.717, 1.165) is 25.8 Å². The molecule has 0 amide bonds. The minimum Gasteiger partial charge on any atom is -0.466 e. The first kappa shape index (κ1) is 16.5. The van der Waals surface area contributed by atoms with E-state index in [1.165, 1.54) is 5.56 Å². The third kappa shape index (κ3) is 5.09. The molecule has 1 heterocycles. The predicted molar refractivity (Wildman–Crippen MR) is 84.4 cm³/mol. The highest BCUT2D eigenvalue weighted by molar-refractivity contribution is 7.07. The summed E-state index contributed by atoms with van der Waals surface area (Å²) in [6.07, 6.45) is 3.78. The zero-order chi connectivity index (χ0) is 15.1. The lowest BCUT2D eigenvalue weighted by molar-refractivity contribution is -0.151. The number of hydrogen-bond acceptors (Lipinski definition) is 5. The third-order valence-electron chi connectivity index (χ3n) is 4.16. The standard InChI is InChI=1S/C16H25NO3S/c1-2-20-15(18)14-3-7-16(19,8-4-14)12-17-9-5-13-6-10-21-11-13/h6,10-11,14,17,19H,2-5,7-9,12H2,1H3. The SMILES string of the molecule is CCOC(=O)C1CCC(O)(CNCCc2ccsc2)CC1. The van der Waals surface area contributed by atoms with Gasteiger partial charge < -0.3 is 15.2 Å². The molecule has 1 saturated carbocycles. The van der Waals surface area contributed by atoms with Gasteiger partial charge in [-0.3, -0.25) is 4.79 Å². The van der Waals surface area contributed by atoms with Gasteiger partial charge in [-0.15, -0.1) is 0 Å². The van der Waals surface area contributed by atoms with Crippen molar-refractivity contribution >= 4 is 17.3 Å². The van der Waals surface area contributed by atoms with Crippen molar-refractivity contribution in [2.45, 2.75) is 44.6 Å². The molecule has 1 aromatic rings. The van der Waals surface area contributed by atoms with E-state index in [1.54, 1.807) is 11.3 Å². The Morgan fingerprint density at radius 2 is 2.29 bits per heavy atom. The Bertz CT molecular complexity index is 425. The van der Waals surface area contributed by atoms with Crippen LogP contribution in [0.25, 0.3) is 0 Å². The Kier molecular flexibility index (Phi) is 6.21. The van der Waals surface area contributed by atoms with Gasteiger partial charge in [0, 0.05) is 6.54 Å². The van der Waals surface area contributed by atoms with E-state index in [0.29, 0.717) is 26.0 Å². The molecule has 2 rings (SSSR count). The van der Waals surface area contributed by atoms with Gasteiger partial charge in [0.1, 0.15) is 0 Å². The summed E-state index contributed by atoms with van der Waals surface area (Å²) in [6, 6.07) is 2.13. The molecule has 1 aliphatic carbocycles. The van der Waals surface area contributed by atoms with Crippen LogP contribution in [0.3, 0.4) is 0 Å². The Hall–Kier alpha value is -0.910. The largest absolute Gasteiger partial charge is 0.466 e. The van der Waals surface area contributed by atoms with Gasteiger partial charge in [0.2, 0.25) is 0 Å². The number of aliphatic hydroxyl groups is 1. The quantitative estimate of drug-likeness (QED) is 0.599. The summed E-state index contributed by atoms with van der Waals surface area (Å²) in [5, 5.41) is 18.1. The fourth-order valence-corrected chi connectivity index (χ4v) is 3.52. The molecule has 0 radical (unpaired) electrons. The molecule has 0 atom stereocenters. The van der Waals surface area contributed by atoms with E-state index in [-0.39, 0.29) is 11.9 Å². The van der Waals surface area contributed by atoms with E-state index >= 15 is 0 Å². The van der Waals surface area contributed by atoms with Gasteiger partial charge >= 0.3 is 5.97 Å². The van der Waals surface area contributed by atoms with Gasteiger partial charge in [-0.05, 0) is 68.0 Å². The first-order valence-electron chi connectivity index (χ1n) is 7.74. The number of carbonyl (C=O) groups is 1. The molecule has 5 heteroatoms. The molecule has 1 aromatic heterocycles. The lowest BCUT2D eigenvalue weighted by atomic mass is 9.79. The molecule has 0 aromatic carbocycles. The number of esters is 1. The number of hydrogen-bond donors (Lipinski definition) is 2. The fraction of sp³-hybridized carbons (Fsp3) is 0.688. The maximum atomic E-state index is 11.7. The van der Waals surface area contributed by atoms with Crippen LogP contribution in [0, 0.1) is 5.92 Å². The maximum absolute atomic E-state index is 11.7. The van der Waals surface area contributed by atoms with Crippen molar-refractivity contribution in [1.29, 1.82) is 0 Å². The zero-order valence-electron chi connectivity index (χ0n) is 12.6. The molecule has 0 saturated heterocycles. The van der Waals surface area contributed by atoms with Crippen LogP contribution >= 0.6 is 11.3 Å². The molecule has 118 valence electrons. The topological polar surface area (TPSA) is 58.6 Å². The van der Waals surface area contributed by atoms with E-state index in [2.05, 4.69) is 22.1 Å². The number of nitrogens with one attached hydrogen (secondary N) is 1. The monoisotopic (exact) mass is 311 g/mol. The molecule has 21 heavy (non-hydrogen) atoms. The summed E-state index contributed by atoms with van der Waals surface area (Å²) >= 11 is 1.71. The maximum Gasteiger partial charge on any atom is 0.308 e. The lowest BCUT2D eigenvalue weighted by Crippen LogP contribution is -2.45. The van der Waals surface area contributed by atoms with Gasteiger partial charge in [0.05, 0.1) is 18.1 Å². The molecular formula is C16H25NO3S. The molecule has 4 nitrogen and oxygen atoms in total. The van der Waals surface area contributed by atoms with Gasteiger partial charge in [0.25, 0.3) is 0 Å². The highest BCUT2D eigenvalue weighted by atomic mass is 32.1. The zero-order valence-corrected chi connectivity index (χ0v) is 13.5. The molecule has 2 N–H and O–H groups in total. The van der Waals surface area contributed by atoms with Gasteiger partial charge in [0.15, 0.2) is 0 Å². The van der Waals surface area contributed by atoms with Gasteiger partial charge in [-0.25, -0.2) is 0 Å². The van der Waals surface area contributed by atoms with Crippen molar-refractivity contribution in [1.82, 2.24) is 5.32 Å². The Balaban J connectivity index is 1.66. The van der Waals surface area contributed by atoms with Crippen LogP contribution in [0.1, 0.15) is 38.2 Å². The van der Waals surface area contributed by atoms with Crippen molar-refractivity contribution in [3.63, 3.8) is 0 Å². The molecule has 0 unspecified atom stereocenters. The van der Waals surface area contributed by atoms with Gasteiger partial charge in [-0.2, -0.15) is 11.3 Å². The van der Waals surface area contributed by atoms with Crippen molar-refractivity contribution in [3.8, 4) is 0 Å². The smallest absolute Gasteiger partial charge is 0.308 e. The Morgan fingerprint density at radius 1 is 1.52 bits per heavy atom. The molecule has 0 spiro atoms. The second-order valence-electron chi connectivity index (χ2n) is 5.81. The van der Waals surface area contributed by atoms with Crippen LogP contribution in [-0.4, -0.2) is 36.4 Å². The summed E-state index contributed by atoms with van der Waals surface area (Å²) in [7, 11) is 0. The number of ether oxygens (including phenoxy) is 1. The molecule has 0 bridgehead atoms. The van der Waals surface area contributed by atoms with E-state index in [1.807, 2.05) is 6.92 Å². The highest BCUT2D eigenvalue weighted by Gasteiger charge is 2.35. The number of carbonyl (C=O) groups excluding carboxylic acids is 1. The first-order valence-corrected chi connectivity index (χ1v) is 8.68. The summed E-state index contributed by atoms with van der Waals surface area (Å²) in [5.41, 5.74) is 0.669. The summed E-state index contributed by atoms with van der Waals surface area (Å²) in [4.78, 5) is 11.7. The molecule has 0 aliphatic heterocycles. The van der Waals surface area contributed by atoms with Crippen LogP contribution in [0.15, 0.2) is 16.8 Å². The fourth-order valence-electron chi connectivity index (χ4n) is 2.82. The van der Waals surface area contributed by atoms with Crippen LogP contribution in [-0.2, 0) is 16.0 Å². The van der Waals surface area contributed by atoms with Crippen LogP contribution in [0.4, 0.5) is 0 Å². The third-order valence-corrected chi connectivity index (χ3v) is 4.89. The summed E-state index contributed by atoms with van der Waals surface area (Å²) < 4.78 is 5.05. The van der Waals surface area contributed by atoms with Crippen LogP contribution in [0.5, 0.6) is 0 Å². The Morgan fingerprint density at radius 3 is 2.90 bits per heavy atom. The summed E-state index contributed by atoms with van der Waals surface area (Å²) in [6.45, 7) is 3.74. The van der Waals surface area contributed by atoms with E-state index in [4.69, 9.17) is 4.74 Å². The summed E-state index contributed by atoms with van der Waals surface area (Å²) in [5.74, 6) is -0.138. The lowest BCUT2D eigenvalue weighted by Gasteiger charge is -2.35. The van der Waals surface area contributed by atoms with Crippen molar-refractivity contribution in [3.05, 3.63) is 22.4 Å². The predicted octanol–water partition coefficient (Wildman–Crippen LogP) is 2.36. The molecule has 1 fully saturated rings.